The maximum Gasteiger partial charge on any atom is 0.0419 e. The number of rotatable bonds is 2. The molecular weight excluding hydrogens is 232 g/mol. The summed E-state index contributed by atoms with van der Waals surface area (Å²) in [5.74, 6) is 0.927. The molecule has 2 heteroatoms. The number of hydrogen-bond acceptors (Lipinski definition) is 2. The minimum absolute atomic E-state index is 0.740. The number of benzene rings is 1. The maximum atomic E-state index is 3.54. The van der Waals surface area contributed by atoms with Gasteiger partial charge in [0.05, 0.1) is 0 Å². The van der Waals surface area contributed by atoms with Crippen LogP contribution in [-0.2, 0) is 6.42 Å². The quantitative estimate of drug-likeness (QED) is 0.860. The summed E-state index contributed by atoms with van der Waals surface area (Å²) >= 11 is 0. The molecule has 0 amide bonds. The third-order valence-electron chi connectivity index (χ3n) is 4.98. The van der Waals surface area contributed by atoms with E-state index < -0.39 is 0 Å². The van der Waals surface area contributed by atoms with Gasteiger partial charge in [-0.05, 0) is 62.1 Å². The number of fused-ring (bicyclic) bond motifs is 1. The predicted molar refractivity (Wildman–Crippen MR) is 83.1 cm³/mol. The summed E-state index contributed by atoms with van der Waals surface area (Å²) in [6.07, 6.45) is 7.99. The Morgan fingerprint density at radius 2 is 1.95 bits per heavy atom. The van der Waals surface area contributed by atoms with Gasteiger partial charge in [0, 0.05) is 31.0 Å². The molecule has 1 N–H and O–H groups in total. The van der Waals surface area contributed by atoms with Gasteiger partial charge in [-0.3, -0.25) is 0 Å². The van der Waals surface area contributed by atoms with Crippen LogP contribution in [0.5, 0.6) is 0 Å². The van der Waals surface area contributed by atoms with Crippen molar-refractivity contribution < 1.29 is 0 Å². The van der Waals surface area contributed by atoms with Crippen LogP contribution < -0.4 is 10.2 Å². The molecule has 0 unspecified atom stereocenters. The van der Waals surface area contributed by atoms with Crippen LogP contribution in [0, 0.1) is 5.92 Å². The summed E-state index contributed by atoms with van der Waals surface area (Å²) in [5.41, 5.74) is 4.36. The second-order valence-corrected chi connectivity index (χ2v) is 6.36. The van der Waals surface area contributed by atoms with Crippen molar-refractivity contribution in [1.82, 2.24) is 0 Å². The van der Waals surface area contributed by atoms with Crippen molar-refractivity contribution >= 4 is 11.4 Å². The lowest BCUT2D eigenvalue weighted by Gasteiger charge is -2.37. The molecule has 3 rings (SSSR count). The molecule has 0 saturated heterocycles. The molecule has 0 aromatic heterocycles. The third-order valence-corrected chi connectivity index (χ3v) is 4.98. The van der Waals surface area contributed by atoms with Crippen LogP contribution in [0.4, 0.5) is 11.4 Å². The first kappa shape index (κ1) is 12.8. The van der Waals surface area contributed by atoms with Crippen molar-refractivity contribution in [3.8, 4) is 0 Å². The van der Waals surface area contributed by atoms with Gasteiger partial charge < -0.3 is 10.2 Å². The van der Waals surface area contributed by atoms with Gasteiger partial charge in [0.25, 0.3) is 0 Å². The van der Waals surface area contributed by atoms with Crippen molar-refractivity contribution in [1.29, 1.82) is 0 Å². The highest BCUT2D eigenvalue weighted by atomic mass is 15.1. The van der Waals surface area contributed by atoms with Crippen molar-refractivity contribution in [3.63, 3.8) is 0 Å². The van der Waals surface area contributed by atoms with Crippen LogP contribution in [0.15, 0.2) is 18.2 Å². The zero-order valence-electron chi connectivity index (χ0n) is 12.3. The van der Waals surface area contributed by atoms with Gasteiger partial charge in [-0.1, -0.05) is 13.0 Å². The third kappa shape index (κ3) is 2.58. The average molecular weight is 258 g/mol. The van der Waals surface area contributed by atoms with Gasteiger partial charge in [-0.2, -0.15) is 0 Å². The Morgan fingerprint density at radius 1 is 1.16 bits per heavy atom. The number of nitrogens with zero attached hydrogens (tertiary/aromatic N) is 1. The maximum absolute atomic E-state index is 3.54. The molecule has 0 spiro atoms. The molecule has 0 radical (unpaired) electrons. The molecule has 0 bridgehead atoms. The van der Waals surface area contributed by atoms with Gasteiger partial charge in [0.1, 0.15) is 0 Å². The topological polar surface area (TPSA) is 15.3 Å². The van der Waals surface area contributed by atoms with Crippen LogP contribution in [0.2, 0.25) is 0 Å². The largest absolute Gasteiger partial charge is 0.385 e. The molecule has 104 valence electrons. The lowest BCUT2D eigenvalue weighted by molar-refractivity contribution is 0.340. The van der Waals surface area contributed by atoms with Gasteiger partial charge in [0.15, 0.2) is 0 Å². The van der Waals surface area contributed by atoms with E-state index >= 15 is 0 Å². The SMILES string of the molecule is CC1CCC(N(C)c2cccc3c2CCCN3)CC1. The first-order valence-corrected chi connectivity index (χ1v) is 7.84. The van der Waals surface area contributed by atoms with E-state index in [1.54, 1.807) is 0 Å². The fourth-order valence-corrected chi connectivity index (χ4v) is 3.65. The van der Waals surface area contributed by atoms with Crippen molar-refractivity contribution in [2.75, 3.05) is 23.8 Å². The fraction of sp³-hybridized carbons (Fsp3) is 0.647. The summed E-state index contributed by atoms with van der Waals surface area (Å²) < 4.78 is 0. The molecule has 1 aromatic carbocycles. The molecule has 0 atom stereocenters. The Kier molecular flexibility index (Phi) is 3.67. The van der Waals surface area contributed by atoms with E-state index in [0.717, 1.165) is 18.5 Å². The van der Waals surface area contributed by atoms with Gasteiger partial charge in [-0.15, -0.1) is 0 Å². The average Bonchev–Trinajstić information content (AvgIpc) is 2.47. The Hall–Kier alpha value is -1.18. The van der Waals surface area contributed by atoms with E-state index in [-0.39, 0.29) is 0 Å². The van der Waals surface area contributed by atoms with Gasteiger partial charge in [-0.25, -0.2) is 0 Å². The minimum atomic E-state index is 0.740. The summed E-state index contributed by atoms with van der Waals surface area (Å²) in [7, 11) is 2.30. The van der Waals surface area contributed by atoms with E-state index in [9.17, 15) is 0 Å². The van der Waals surface area contributed by atoms with Crippen LogP contribution >= 0.6 is 0 Å². The molecule has 1 heterocycles. The van der Waals surface area contributed by atoms with E-state index in [1.165, 1.54) is 55.5 Å². The smallest absolute Gasteiger partial charge is 0.0419 e. The van der Waals surface area contributed by atoms with Crippen molar-refractivity contribution in [2.45, 2.75) is 51.5 Å². The minimum Gasteiger partial charge on any atom is -0.385 e. The van der Waals surface area contributed by atoms with Gasteiger partial charge >= 0.3 is 0 Å². The molecule has 2 aliphatic rings. The number of anilines is 2. The summed E-state index contributed by atoms with van der Waals surface area (Å²) in [5, 5.41) is 3.54. The Labute approximate surface area is 117 Å². The van der Waals surface area contributed by atoms with E-state index in [1.807, 2.05) is 0 Å². The fourth-order valence-electron chi connectivity index (χ4n) is 3.65. The second-order valence-electron chi connectivity index (χ2n) is 6.36. The first-order valence-electron chi connectivity index (χ1n) is 7.84. The Bertz CT molecular complexity index is 433. The van der Waals surface area contributed by atoms with Crippen LogP contribution in [0.3, 0.4) is 0 Å². The lowest BCUT2D eigenvalue weighted by atomic mass is 9.86. The van der Waals surface area contributed by atoms with Crippen LogP contribution in [-0.4, -0.2) is 19.6 Å². The van der Waals surface area contributed by atoms with E-state index in [0.29, 0.717) is 0 Å². The zero-order chi connectivity index (χ0) is 13.2. The van der Waals surface area contributed by atoms with Crippen molar-refractivity contribution in [3.05, 3.63) is 23.8 Å². The zero-order valence-corrected chi connectivity index (χ0v) is 12.3. The highest BCUT2D eigenvalue weighted by Crippen LogP contribution is 2.35. The van der Waals surface area contributed by atoms with E-state index in [2.05, 4.69) is 42.4 Å². The Balaban J connectivity index is 1.81. The molecule has 2 nitrogen and oxygen atoms in total. The number of nitrogens with one attached hydrogen (secondary N) is 1. The molecule has 1 aromatic rings. The monoisotopic (exact) mass is 258 g/mol. The molecule has 1 fully saturated rings. The normalized spacial score (nSPS) is 26.4. The summed E-state index contributed by atoms with van der Waals surface area (Å²) in [6.45, 7) is 3.52. The van der Waals surface area contributed by atoms with E-state index in [4.69, 9.17) is 0 Å². The highest BCUT2D eigenvalue weighted by Gasteiger charge is 2.24. The molecule has 1 saturated carbocycles. The standard InChI is InChI=1S/C17H26N2/c1-13-8-10-14(11-9-13)19(2)17-7-3-6-16-15(17)5-4-12-18-16/h3,6-7,13-14,18H,4-5,8-12H2,1-2H3. The van der Waals surface area contributed by atoms with Crippen LogP contribution in [0.1, 0.15) is 44.6 Å². The molecule has 19 heavy (non-hydrogen) atoms. The first-order chi connectivity index (χ1) is 9.25. The highest BCUT2D eigenvalue weighted by molar-refractivity contribution is 5.68. The predicted octanol–water partition coefficient (Wildman–Crippen LogP) is 4.06. The van der Waals surface area contributed by atoms with Crippen molar-refractivity contribution in [2.24, 2.45) is 5.92 Å². The van der Waals surface area contributed by atoms with Gasteiger partial charge in [0.2, 0.25) is 0 Å². The lowest BCUT2D eigenvalue weighted by Crippen LogP contribution is -2.35. The van der Waals surface area contributed by atoms with Crippen LogP contribution in [0.25, 0.3) is 0 Å². The Morgan fingerprint density at radius 3 is 2.74 bits per heavy atom. The summed E-state index contributed by atoms with van der Waals surface area (Å²) in [6, 6.07) is 7.48. The molecule has 1 aliphatic heterocycles. The summed E-state index contributed by atoms with van der Waals surface area (Å²) in [4.78, 5) is 2.55. The molecular formula is C17H26N2. The molecule has 1 aliphatic carbocycles. The second kappa shape index (κ2) is 5.44. The number of hydrogen-bond donors (Lipinski definition) is 1.